The van der Waals surface area contributed by atoms with Gasteiger partial charge in [0, 0.05) is 16.3 Å². The molecule has 3 rings (SSSR count). The van der Waals surface area contributed by atoms with Gasteiger partial charge in [-0.1, -0.05) is 40.5 Å². The number of nitrogens with one attached hydrogen (secondary N) is 1. The van der Waals surface area contributed by atoms with Gasteiger partial charge in [-0.05, 0) is 54.1 Å². The Kier molecular flexibility index (Phi) is 8.30. The third kappa shape index (κ3) is 6.87. The van der Waals surface area contributed by atoms with E-state index in [1.807, 2.05) is 0 Å². The molecule has 6 nitrogen and oxygen atoms in total. The molecule has 1 amide bonds. The summed E-state index contributed by atoms with van der Waals surface area (Å²) in [6.07, 6.45) is 1.40. The molecule has 0 saturated carbocycles. The first-order valence-corrected chi connectivity index (χ1v) is 10.2. The number of rotatable bonds is 9. The third-order valence-electron chi connectivity index (χ3n) is 4.15. The molecule has 0 radical (unpaired) electrons. The molecule has 0 aliphatic heterocycles. The molecule has 32 heavy (non-hydrogen) atoms. The molecule has 0 aliphatic carbocycles. The second kappa shape index (κ2) is 11.4. The van der Waals surface area contributed by atoms with Crippen LogP contribution < -0.4 is 14.8 Å². The average molecular weight is 477 g/mol. The van der Waals surface area contributed by atoms with E-state index in [0.29, 0.717) is 32.8 Å². The number of hydrogen-bond donors (Lipinski definition) is 1. The fraction of sp³-hybridized carbons (Fsp3) is 0.130. The van der Waals surface area contributed by atoms with Crippen molar-refractivity contribution >= 4 is 41.0 Å². The van der Waals surface area contributed by atoms with Gasteiger partial charge in [-0.15, -0.1) is 0 Å². The van der Waals surface area contributed by atoms with E-state index < -0.39 is 0 Å². The number of methoxy groups -OCH3 is 1. The van der Waals surface area contributed by atoms with E-state index in [0.717, 1.165) is 5.56 Å². The number of anilines is 1. The lowest BCUT2D eigenvalue weighted by Crippen LogP contribution is -2.16. The van der Waals surface area contributed by atoms with Crippen LogP contribution in [0.5, 0.6) is 11.5 Å². The molecule has 0 bridgehead atoms. The smallest absolute Gasteiger partial charge is 0.265 e. The van der Waals surface area contributed by atoms with Crippen LogP contribution in [0.1, 0.15) is 11.1 Å². The number of carbonyl (C=O) groups is 1. The highest BCUT2D eigenvalue weighted by Crippen LogP contribution is 2.36. The molecule has 3 aromatic rings. The quantitative estimate of drug-likeness (QED) is 0.317. The second-order valence-electron chi connectivity index (χ2n) is 6.51. The first-order chi connectivity index (χ1) is 15.4. The zero-order valence-corrected chi connectivity index (χ0v) is 18.5. The van der Waals surface area contributed by atoms with Crippen molar-refractivity contribution < 1.29 is 23.5 Å². The summed E-state index contributed by atoms with van der Waals surface area (Å²) >= 11 is 12.1. The Bertz CT molecular complexity index is 1090. The fourth-order valence-electron chi connectivity index (χ4n) is 2.61. The van der Waals surface area contributed by atoms with Gasteiger partial charge < -0.3 is 19.6 Å². The molecule has 0 aromatic heterocycles. The van der Waals surface area contributed by atoms with Crippen molar-refractivity contribution in [2.75, 3.05) is 19.0 Å². The zero-order valence-electron chi connectivity index (χ0n) is 17.0. The monoisotopic (exact) mass is 476 g/mol. The number of benzene rings is 3. The normalized spacial score (nSPS) is 10.8. The molecule has 1 N–H and O–H groups in total. The van der Waals surface area contributed by atoms with Gasteiger partial charge in [-0.3, -0.25) is 4.79 Å². The van der Waals surface area contributed by atoms with Gasteiger partial charge in [-0.25, -0.2) is 4.39 Å². The predicted molar refractivity (Wildman–Crippen MR) is 122 cm³/mol. The average Bonchev–Trinajstić information content (AvgIpc) is 2.78. The van der Waals surface area contributed by atoms with Gasteiger partial charge in [0.05, 0.1) is 18.3 Å². The minimum Gasteiger partial charge on any atom is -0.493 e. The number of ether oxygens (including phenoxy) is 2. The highest BCUT2D eigenvalue weighted by atomic mass is 35.5. The van der Waals surface area contributed by atoms with Gasteiger partial charge in [0.2, 0.25) is 0 Å². The van der Waals surface area contributed by atoms with Crippen molar-refractivity contribution in [3.63, 3.8) is 0 Å². The molecule has 0 fully saturated rings. The molecular formula is C23H19Cl2FN2O4. The Morgan fingerprint density at radius 1 is 1.09 bits per heavy atom. The van der Waals surface area contributed by atoms with E-state index in [1.165, 1.54) is 25.5 Å². The number of oxime groups is 1. The first kappa shape index (κ1) is 23.4. The third-order valence-corrected chi connectivity index (χ3v) is 4.68. The van der Waals surface area contributed by atoms with Gasteiger partial charge in [-0.2, -0.15) is 0 Å². The molecule has 0 unspecified atom stereocenters. The van der Waals surface area contributed by atoms with Crippen molar-refractivity contribution in [3.05, 3.63) is 87.7 Å². The van der Waals surface area contributed by atoms with Crippen molar-refractivity contribution in [3.8, 4) is 11.5 Å². The van der Waals surface area contributed by atoms with Crippen LogP contribution in [-0.2, 0) is 16.2 Å². The maximum atomic E-state index is 13.0. The number of halogens is 3. The first-order valence-electron chi connectivity index (χ1n) is 9.40. The van der Waals surface area contributed by atoms with Crippen LogP contribution in [0.4, 0.5) is 10.1 Å². The van der Waals surface area contributed by atoms with Crippen molar-refractivity contribution in [2.24, 2.45) is 5.16 Å². The Balaban J connectivity index is 1.56. The summed E-state index contributed by atoms with van der Waals surface area (Å²) in [7, 11) is 1.48. The zero-order chi connectivity index (χ0) is 22.9. The van der Waals surface area contributed by atoms with Crippen LogP contribution in [0.3, 0.4) is 0 Å². The molecule has 0 atom stereocenters. The van der Waals surface area contributed by atoms with Gasteiger partial charge in [0.1, 0.15) is 12.4 Å². The molecule has 0 aliphatic rings. The standard InChI is InChI=1S/C23H19Cl2FN2O4/c1-30-21-11-16(10-20(25)23(21)31-13-15-2-6-18(26)7-3-15)12-27-32-14-22(29)28-19-8-4-17(24)5-9-19/h2-12H,13-14H2,1H3,(H,28,29)/b27-12+. The van der Waals surface area contributed by atoms with E-state index in [4.69, 9.17) is 37.5 Å². The van der Waals surface area contributed by atoms with Gasteiger partial charge in [0.15, 0.2) is 18.1 Å². The molecule has 0 heterocycles. The van der Waals surface area contributed by atoms with Gasteiger partial charge >= 0.3 is 0 Å². The lowest BCUT2D eigenvalue weighted by molar-refractivity contribution is -0.120. The highest BCUT2D eigenvalue weighted by Gasteiger charge is 2.12. The van der Waals surface area contributed by atoms with E-state index in [2.05, 4.69) is 10.5 Å². The van der Waals surface area contributed by atoms with Crippen LogP contribution >= 0.6 is 23.2 Å². The van der Waals surface area contributed by atoms with Crippen molar-refractivity contribution in [1.82, 2.24) is 0 Å². The lowest BCUT2D eigenvalue weighted by Gasteiger charge is -2.13. The summed E-state index contributed by atoms with van der Waals surface area (Å²) in [4.78, 5) is 16.9. The van der Waals surface area contributed by atoms with Crippen LogP contribution in [0, 0.1) is 5.82 Å². The van der Waals surface area contributed by atoms with E-state index in [1.54, 1.807) is 48.5 Å². The molecule has 0 saturated heterocycles. The number of carbonyl (C=O) groups excluding carboxylic acids is 1. The molecule has 166 valence electrons. The summed E-state index contributed by atoms with van der Waals surface area (Å²) in [5, 5.41) is 7.32. The Hall–Kier alpha value is -3.29. The van der Waals surface area contributed by atoms with Crippen LogP contribution in [0.2, 0.25) is 10.0 Å². The summed E-state index contributed by atoms with van der Waals surface area (Å²) in [6, 6.07) is 15.9. The predicted octanol–water partition coefficient (Wildman–Crippen LogP) is 5.71. The molecular weight excluding hydrogens is 458 g/mol. The van der Waals surface area contributed by atoms with E-state index in [-0.39, 0.29) is 24.9 Å². The Morgan fingerprint density at radius 3 is 2.50 bits per heavy atom. The number of amides is 1. The molecule has 3 aromatic carbocycles. The summed E-state index contributed by atoms with van der Waals surface area (Å²) in [5.41, 5.74) is 1.96. The minimum atomic E-state index is -0.371. The SMILES string of the molecule is COc1cc(/C=N/OCC(=O)Nc2ccc(Cl)cc2)cc(Cl)c1OCc1ccc(F)cc1. The maximum absolute atomic E-state index is 13.0. The number of nitrogens with zero attached hydrogens (tertiary/aromatic N) is 1. The lowest BCUT2D eigenvalue weighted by atomic mass is 10.2. The summed E-state index contributed by atoms with van der Waals surface area (Å²) in [6.45, 7) is -0.0848. The Morgan fingerprint density at radius 2 is 1.81 bits per heavy atom. The second-order valence-corrected chi connectivity index (χ2v) is 7.36. The van der Waals surface area contributed by atoms with E-state index >= 15 is 0 Å². The topological polar surface area (TPSA) is 69.2 Å². The minimum absolute atomic E-state index is 0.190. The maximum Gasteiger partial charge on any atom is 0.265 e. The largest absolute Gasteiger partial charge is 0.493 e. The van der Waals surface area contributed by atoms with Crippen molar-refractivity contribution in [1.29, 1.82) is 0 Å². The van der Waals surface area contributed by atoms with Crippen LogP contribution in [0.25, 0.3) is 0 Å². The fourth-order valence-corrected chi connectivity index (χ4v) is 3.01. The van der Waals surface area contributed by atoms with E-state index in [9.17, 15) is 9.18 Å². The molecule has 0 spiro atoms. The Labute approximate surface area is 194 Å². The van der Waals surface area contributed by atoms with Crippen molar-refractivity contribution in [2.45, 2.75) is 6.61 Å². The highest BCUT2D eigenvalue weighted by molar-refractivity contribution is 6.32. The van der Waals surface area contributed by atoms with Crippen LogP contribution in [0.15, 0.2) is 65.8 Å². The summed E-state index contributed by atoms with van der Waals surface area (Å²) in [5.74, 6) is 0.0442. The van der Waals surface area contributed by atoms with Crippen LogP contribution in [-0.4, -0.2) is 25.8 Å². The number of hydrogen-bond acceptors (Lipinski definition) is 5. The summed E-state index contributed by atoms with van der Waals surface area (Å²) < 4.78 is 24.1. The molecule has 9 heteroatoms. The van der Waals surface area contributed by atoms with Gasteiger partial charge in [0.25, 0.3) is 5.91 Å².